The van der Waals surface area contributed by atoms with Gasteiger partial charge in [0.05, 0.1) is 0 Å². The lowest BCUT2D eigenvalue weighted by Gasteiger charge is -2.30. The van der Waals surface area contributed by atoms with E-state index < -0.39 is 5.60 Å². The summed E-state index contributed by atoms with van der Waals surface area (Å²) >= 11 is 0. The molecule has 1 aromatic rings. The van der Waals surface area contributed by atoms with E-state index >= 15 is 0 Å². The molecule has 0 amide bonds. The normalized spacial score (nSPS) is 15.7. The van der Waals surface area contributed by atoms with Gasteiger partial charge in [0.15, 0.2) is 0 Å². The van der Waals surface area contributed by atoms with Crippen LogP contribution in [0.3, 0.4) is 0 Å². The number of aliphatic hydroxyl groups is 1. The van der Waals surface area contributed by atoms with E-state index in [-0.39, 0.29) is 11.4 Å². The molecular weight excluding hydrogens is 217 g/mol. The number of β-amino-alcohol motifs (C(OH)–C–C–N with tert-alkyl or cyclic N) is 1. The molecule has 0 heterocycles. The van der Waals surface area contributed by atoms with Gasteiger partial charge in [-0.2, -0.15) is 0 Å². The Morgan fingerprint density at radius 3 is 2.35 bits per heavy atom. The van der Waals surface area contributed by atoms with Crippen LogP contribution in [0.15, 0.2) is 18.2 Å². The third-order valence-corrected chi connectivity index (χ3v) is 2.67. The fourth-order valence-corrected chi connectivity index (χ4v) is 1.58. The highest BCUT2D eigenvalue weighted by Crippen LogP contribution is 2.24. The molecule has 1 atom stereocenters. The van der Waals surface area contributed by atoms with Crippen LogP contribution in [0.1, 0.15) is 38.8 Å². The van der Waals surface area contributed by atoms with Crippen LogP contribution in [-0.4, -0.2) is 17.2 Å². The number of hydrogen-bond acceptors (Lipinski definition) is 2. The van der Waals surface area contributed by atoms with E-state index in [9.17, 15) is 9.50 Å². The van der Waals surface area contributed by atoms with Gasteiger partial charge in [-0.1, -0.05) is 17.7 Å². The van der Waals surface area contributed by atoms with Crippen LogP contribution in [0, 0.1) is 12.7 Å². The molecular formula is C14H22FNO. The third-order valence-electron chi connectivity index (χ3n) is 2.67. The Morgan fingerprint density at radius 1 is 1.24 bits per heavy atom. The average molecular weight is 239 g/mol. The maximum atomic E-state index is 13.7. The fraction of sp³-hybridized carbons (Fsp3) is 0.571. The Bertz CT molecular complexity index is 394. The maximum absolute atomic E-state index is 13.7. The molecule has 0 saturated carbocycles. The molecule has 0 aliphatic heterocycles. The lowest BCUT2D eigenvalue weighted by molar-refractivity contribution is 0.0465. The molecule has 1 unspecified atom stereocenters. The van der Waals surface area contributed by atoms with Crippen LogP contribution in [0.5, 0.6) is 0 Å². The van der Waals surface area contributed by atoms with Crippen molar-refractivity contribution in [1.82, 2.24) is 5.32 Å². The standard InChI is InChI=1S/C14H22FNO/c1-10-6-7-12(15)11(8-10)14(5,17)9-16-13(2,3)4/h6-8,16-17H,9H2,1-5H3. The smallest absolute Gasteiger partial charge is 0.129 e. The third kappa shape index (κ3) is 4.10. The minimum Gasteiger partial charge on any atom is -0.384 e. The molecule has 0 bridgehead atoms. The molecule has 0 saturated heterocycles. The Hall–Kier alpha value is -0.930. The monoisotopic (exact) mass is 239 g/mol. The van der Waals surface area contributed by atoms with Crippen molar-refractivity contribution in [2.45, 2.75) is 45.8 Å². The summed E-state index contributed by atoms with van der Waals surface area (Å²) in [5.41, 5.74) is -0.0279. The Balaban J connectivity index is 2.92. The Labute approximate surface area is 103 Å². The van der Waals surface area contributed by atoms with Crippen molar-refractivity contribution in [2.24, 2.45) is 0 Å². The molecule has 2 N–H and O–H groups in total. The zero-order valence-electron chi connectivity index (χ0n) is 11.3. The summed E-state index contributed by atoms with van der Waals surface area (Å²) in [6.07, 6.45) is 0. The highest BCUT2D eigenvalue weighted by molar-refractivity contribution is 5.29. The number of aryl methyl sites for hydroxylation is 1. The van der Waals surface area contributed by atoms with E-state index in [1.165, 1.54) is 6.07 Å². The van der Waals surface area contributed by atoms with Crippen molar-refractivity contribution < 1.29 is 9.50 Å². The van der Waals surface area contributed by atoms with Gasteiger partial charge in [0.1, 0.15) is 11.4 Å². The summed E-state index contributed by atoms with van der Waals surface area (Å²) in [6.45, 7) is 9.86. The quantitative estimate of drug-likeness (QED) is 0.850. The van der Waals surface area contributed by atoms with Gasteiger partial charge in [0.2, 0.25) is 0 Å². The molecule has 2 nitrogen and oxygen atoms in total. The van der Waals surface area contributed by atoms with Crippen LogP contribution in [-0.2, 0) is 5.60 Å². The summed E-state index contributed by atoms with van der Waals surface area (Å²) in [5, 5.41) is 13.5. The van der Waals surface area contributed by atoms with Gasteiger partial charge < -0.3 is 10.4 Å². The van der Waals surface area contributed by atoms with Crippen LogP contribution in [0.4, 0.5) is 4.39 Å². The second-order valence-electron chi connectivity index (χ2n) is 5.86. The van der Waals surface area contributed by atoms with E-state index in [1.807, 2.05) is 27.7 Å². The lowest BCUT2D eigenvalue weighted by atomic mass is 9.93. The van der Waals surface area contributed by atoms with Crippen molar-refractivity contribution >= 4 is 0 Å². The first-order valence-corrected chi connectivity index (χ1v) is 5.86. The van der Waals surface area contributed by atoms with Gasteiger partial charge in [-0.15, -0.1) is 0 Å². The van der Waals surface area contributed by atoms with Crippen LogP contribution in [0.2, 0.25) is 0 Å². The molecule has 1 rings (SSSR count). The highest BCUT2D eigenvalue weighted by Gasteiger charge is 2.28. The number of hydrogen-bond donors (Lipinski definition) is 2. The first-order valence-electron chi connectivity index (χ1n) is 5.86. The summed E-state index contributed by atoms with van der Waals surface area (Å²) in [6, 6.07) is 4.79. The molecule has 0 radical (unpaired) electrons. The Kier molecular flexibility index (Phi) is 3.95. The number of halogens is 1. The zero-order valence-corrected chi connectivity index (χ0v) is 11.3. The predicted octanol–water partition coefficient (Wildman–Crippen LogP) is 2.73. The highest BCUT2D eigenvalue weighted by atomic mass is 19.1. The van der Waals surface area contributed by atoms with E-state index in [0.717, 1.165) is 5.56 Å². The molecule has 0 spiro atoms. The summed E-state index contributed by atoms with van der Waals surface area (Å²) in [5.74, 6) is -0.365. The largest absolute Gasteiger partial charge is 0.384 e. The SMILES string of the molecule is Cc1ccc(F)c(C(C)(O)CNC(C)(C)C)c1. The first-order chi connectivity index (χ1) is 7.62. The van der Waals surface area contributed by atoms with E-state index in [1.54, 1.807) is 19.1 Å². The van der Waals surface area contributed by atoms with E-state index in [0.29, 0.717) is 12.1 Å². The molecule has 0 fully saturated rings. The summed E-state index contributed by atoms with van der Waals surface area (Å²) in [4.78, 5) is 0. The molecule has 0 aromatic heterocycles. The second kappa shape index (κ2) is 4.75. The maximum Gasteiger partial charge on any atom is 0.129 e. The predicted molar refractivity (Wildman–Crippen MR) is 68.5 cm³/mol. The van der Waals surface area contributed by atoms with Crippen LogP contribution in [0.25, 0.3) is 0 Å². The average Bonchev–Trinajstić information content (AvgIpc) is 2.18. The van der Waals surface area contributed by atoms with Gasteiger partial charge in [-0.05, 0) is 40.7 Å². The van der Waals surface area contributed by atoms with Gasteiger partial charge in [-0.25, -0.2) is 4.39 Å². The van der Waals surface area contributed by atoms with Crippen molar-refractivity contribution in [1.29, 1.82) is 0 Å². The second-order valence-corrected chi connectivity index (χ2v) is 5.86. The molecule has 1 aromatic carbocycles. The van der Waals surface area contributed by atoms with E-state index in [4.69, 9.17) is 0 Å². The van der Waals surface area contributed by atoms with Gasteiger partial charge >= 0.3 is 0 Å². The minimum atomic E-state index is -1.20. The van der Waals surface area contributed by atoms with Crippen molar-refractivity contribution in [3.05, 3.63) is 35.1 Å². The summed E-state index contributed by atoms with van der Waals surface area (Å²) < 4.78 is 13.7. The van der Waals surface area contributed by atoms with Gasteiger partial charge in [0, 0.05) is 17.6 Å². The van der Waals surface area contributed by atoms with Crippen LogP contribution < -0.4 is 5.32 Å². The first kappa shape index (κ1) is 14.1. The number of nitrogens with one attached hydrogen (secondary N) is 1. The minimum absolute atomic E-state index is 0.107. The van der Waals surface area contributed by atoms with Gasteiger partial charge in [-0.3, -0.25) is 0 Å². The topological polar surface area (TPSA) is 32.3 Å². The fourth-order valence-electron chi connectivity index (χ4n) is 1.58. The lowest BCUT2D eigenvalue weighted by Crippen LogP contribution is -2.45. The summed E-state index contributed by atoms with van der Waals surface area (Å²) in [7, 11) is 0. The molecule has 17 heavy (non-hydrogen) atoms. The molecule has 0 aliphatic rings. The molecule has 96 valence electrons. The van der Waals surface area contributed by atoms with Crippen LogP contribution >= 0.6 is 0 Å². The molecule has 0 aliphatic carbocycles. The van der Waals surface area contributed by atoms with Gasteiger partial charge in [0.25, 0.3) is 0 Å². The van der Waals surface area contributed by atoms with Crippen molar-refractivity contribution in [3.8, 4) is 0 Å². The van der Waals surface area contributed by atoms with E-state index in [2.05, 4.69) is 5.32 Å². The zero-order chi connectivity index (χ0) is 13.3. The number of benzene rings is 1. The molecule has 3 heteroatoms. The van der Waals surface area contributed by atoms with Crippen molar-refractivity contribution in [3.63, 3.8) is 0 Å². The van der Waals surface area contributed by atoms with Crippen molar-refractivity contribution in [2.75, 3.05) is 6.54 Å². The number of rotatable bonds is 3. The Morgan fingerprint density at radius 2 is 1.82 bits per heavy atom.